The molecule has 0 bridgehead atoms. The summed E-state index contributed by atoms with van der Waals surface area (Å²) in [5, 5.41) is 3.41. The van der Waals surface area contributed by atoms with Gasteiger partial charge >= 0.3 is 0 Å². The van der Waals surface area contributed by atoms with Gasteiger partial charge in [0.25, 0.3) is 0 Å². The topological polar surface area (TPSA) is 24.5 Å². The molecule has 0 spiro atoms. The van der Waals surface area contributed by atoms with Crippen LogP contribution in [0.3, 0.4) is 0 Å². The average Bonchev–Trinajstić information content (AvgIpc) is 2.31. The molecule has 18 heavy (non-hydrogen) atoms. The summed E-state index contributed by atoms with van der Waals surface area (Å²) < 4.78 is 6.71. The van der Waals surface area contributed by atoms with E-state index in [1.165, 1.54) is 0 Å². The van der Waals surface area contributed by atoms with Crippen LogP contribution in [0.5, 0.6) is 5.75 Å². The second-order valence-electron chi connectivity index (χ2n) is 5.19. The van der Waals surface area contributed by atoms with Crippen LogP contribution in [0.1, 0.15) is 13.8 Å². The minimum Gasteiger partial charge on any atom is -0.492 e. The van der Waals surface area contributed by atoms with Gasteiger partial charge in [-0.3, -0.25) is 0 Å². The van der Waals surface area contributed by atoms with Gasteiger partial charge in [-0.25, -0.2) is 0 Å². The highest BCUT2D eigenvalue weighted by Crippen LogP contribution is 2.15. The number of ether oxygens (including phenoxy) is 1. The van der Waals surface area contributed by atoms with Crippen LogP contribution in [0.25, 0.3) is 0 Å². The number of nitrogens with one attached hydrogen (secondary N) is 1. The Hall–Kier alpha value is -0.580. The summed E-state index contributed by atoms with van der Waals surface area (Å²) in [5.41, 5.74) is 0.164. The first-order chi connectivity index (χ1) is 8.42. The maximum atomic E-state index is 5.64. The van der Waals surface area contributed by atoms with Crippen molar-refractivity contribution >= 4 is 15.9 Å². The van der Waals surface area contributed by atoms with Crippen molar-refractivity contribution in [3.05, 3.63) is 28.7 Å². The summed E-state index contributed by atoms with van der Waals surface area (Å²) in [5.74, 6) is 0.909. The van der Waals surface area contributed by atoms with Crippen LogP contribution < -0.4 is 10.1 Å². The van der Waals surface area contributed by atoms with Gasteiger partial charge in [0.1, 0.15) is 12.4 Å². The minimum atomic E-state index is 0.164. The fourth-order valence-corrected chi connectivity index (χ4v) is 1.59. The van der Waals surface area contributed by atoms with E-state index >= 15 is 0 Å². The van der Waals surface area contributed by atoms with Gasteiger partial charge < -0.3 is 15.0 Å². The van der Waals surface area contributed by atoms with Crippen molar-refractivity contribution in [2.75, 3.05) is 33.8 Å². The molecule has 1 aromatic rings. The fourth-order valence-electron chi connectivity index (χ4n) is 1.32. The summed E-state index contributed by atoms with van der Waals surface area (Å²) in [6, 6.07) is 7.90. The van der Waals surface area contributed by atoms with E-state index < -0.39 is 0 Å². The lowest BCUT2D eigenvalue weighted by atomic mass is 10.0. The van der Waals surface area contributed by atoms with Crippen molar-refractivity contribution in [1.29, 1.82) is 0 Å². The Bertz CT molecular complexity index is 349. The second-order valence-corrected chi connectivity index (χ2v) is 6.10. The lowest BCUT2D eigenvalue weighted by molar-refractivity contribution is 0.186. The van der Waals surface area contributed by atoms with Crippen LogP contribution in [0.15, 0.2) is 28.7 Å². The summed E-state index contributed by atoms with van der Waals surface area (Å²) in [7, 11) is 4.19. The van der Waals surface area contributed by atoms with Gasteiger partial charge in [0, 0.05) is 23.1 Å². The molecular formula is C14H23BrN2O. The molecule has 0 unspecified atom stereocenters. The first-order valence-corrected chi connectivity index (χ1v) is 6.97. The van der Waals surface area contributed by atoms with Crippen LogP contribution in [0.4, 0.5) is 0 Å². The number of hydrogen-bond donors (Lipinski definition) is 1. The third-order valence-electron chi connectivity index (χ3n) is 3.13. The number of rotatable bonds is 7. The predicted octanol–water partition coefficient (Wildman–Crippen LogP) is 2.76. The Morgan fingerprint density at radius 3 is 2.39 bits per heavy atom. The highest BCUT2D eigenvalue weighted by molar-refractivity contribution is 9.10. The van der Waals surface area contributed by atoms with E-state index in [2.05, 4.69) is 54.1 Å². The molecule has 0 aliphatic carbocycles. The zero-order chi connectivity index (χ0) is 13.6. The highest BCUT2D eigenvalue weighted by Gasteiger charge is 2.19. The molecule has 102 valence electrons. The Morgan fingerprint density at radius 2 is 1.83 bits per heavy atom. The van der Waals surface area contributed by atoms with Gasteiger partial charge in [-0.2, -0.15) is 0 Å². The average molecular weight is 315 g/mol. The van der Waals surface area contributed by atoms with Crippen molar-refractivity contribution < 1.29 is 4.74 Å². The van der Waals surface area contributed by atoms with Crippen molar-refractivity contribution in [1.82, 2.24) is 10.2 Å². The van der Waals surface area contributed by atoms with Gasteiger partial charge in [-0.05, 0) is 52.2 Å². The molecule has 0 saturated heterocycles. The monoisotopic (exact) mass is 314 g/mol. The smallest absolute Gasteiger partial charge is 0.119 e. The fraction of sp³-hybridized carbons (Fsp3) is 0.571. The Kier molecular flexibility index (Phi) is 6.12. The Labute approximate surface area is 119 Å². The van der Waals surface area contributed by atoms with Gasteiger partial charge in [-0.1, -0.05) is 15.9 Å². The third kappa shape index (κ3) is 5.38. The molecule has 0 radical (unpaired) electrons. The number of benzene rings is 1. The molecule has 0 heterocycles. The number of likely N-dealkylation sites (N-methyl/N-ethyl adjacent to an activating group) is 1. The van der Waals surface area contributed by atoms with Gasteiger partial charge in [-0.15, -0.1) is 0 Å². The molecule has 0 fully saturated rings. The molecule has 0 amide bonds. The Balaban J connectivity index is 2.18. The molecule has 0 aromatic heterocycles. The van der Waals surface area contributed by atoms with E-state index in [1.54, 1.807) is 0 Å². The van der Waals surface area contributed by atoms with Crippen LogP contribution in [-0.4, -0.2) is 44.2 Å². The summed E-state index contributed by atoms with van der Waals surface area (Å²) in [6.07, 6.45) is 0. The third-order valence-corrected chi connectivity index (χ3v) is 3.66. The van der Waals surface area contributed by atoms with E-state index in [1.807, 2.05) is 24.3 Å². The van der Waals surface area contributed by atoms with Gasteiger partial charge in [0.2, 0.25) is 0 Å². The standard InChI is InChI=1S/C14H23BrN2O/c1-14(2,17(3)4)11-16-9-10-18-13-7-5-12(15)6-8-13/h5-8,16H,9-11H2,1-4H3. The van der Waals surface area contributed by atoms with Crippen LogP contribution in [-0.2, 0) is 0 Å². The van der Waals surface area contributed by atoms with E-state index in [0.717, 1.165) is 23.3 Å². The van der Waals surface area contributed by atoms with Crippen LogP contribution in [0.2, 0.25) is 0 Å². The van der Waals surface area contributed by atoms with Crippen molar-refractivity contribution in [2.45, 2.75) is 19.4 Å². The highest BCUT2D eigenvalue weighted by atomic mass is 79.9. The molecule has 1 rings (SSSR count). The van der Waals surface area contributed by atoms with E-state index in [0.29, 0.717) is 6.61 Å². The lowest BCUT2D eigenvalue weighted by Crippen LogP contribution is -2.47. The SMILES string of the molecule is CN(C)C(C)(C)CNCCOc1ccc(Br)cc1. The lowest BCUT2D eigenvalue weighted by Gasteiger charge is -2.32. The summed E-state index contributed by atoms with van der Waals surface area (Å²) >= 11 is 3.40. The quantitative estimate of drug-likeness (QED) is 0.783. The zero-order valence-electron chi connectivity index (χ0n) is 11.7. The first kappa shape index (κ1) is 15.5. The Morgan fingerprint density at radius 1 is 1.22 bits per heavy atom. The zero-order valence-corrected chi connectivity index (χ0v) is 13.3. The maximum absolute atomic E-state index is 5.64. The van der Waals surface area contributed by atoms with Crippen LogP contribution in [0, 0.1) is 0 Å². The molecule has 1 N–H and O–H groups in total. The van der Waals surface area contributed by atoms with Gasteiger partial charge in [0.15, 0.2) is 0 Å². The molecule has 1 aromatic carbocycles. The van der Waals surface area contributed by atoms with Crippen molar-refractivity contribution in [3.63, 3.8) is 0 Å². The largest absolute Gasteiger partial charge is 0.492 e. The predicted molar refractivity (Wildman–Crippen MR) is 80.3 cm³/mol. The van der Waals surface area contributed by atoms with Crippen LogP contribution >= 0.6 is 15.9 Å². The molecule has 0 aliphatic rings. The second kappa shape index (κ2) is 7.12. The summed E-state index contributed by atoms with van der Waals surface area (Å²) in [4.78, 5) is 2.22. The molecule has 0 atom stereocenters. The maximum Gasteiger partial charge on any atom is 0.119 e. The first-order valence-electron chi connectivity index (χ1n) is 6.18. The van der Waals surface area contributed by atoms with E-state index in [9.17, 15) is 0 Å². The molecular weight excluding hydrogens is 292 g/mol. The van der Waals surface area contributed by atoms with Crippen molar-refractivity contribution in [2.24, 2.45) is 0 Å². The van der Waals surface area contributed by atoms with Gasteiger partial charge in [0.05, 0.1) is 0 Å². The molecule has 3 nitrogen and oxygen atoms in total. The normalized spacial score (nSPS) is 11.9. The molecule has 4 heteroatoms. The van der Waals surface area contributed by atoms with Crippen molar-refractivity contribution in [3.8, 4) is 5.75 Å². The summed E-state index contributed by atoms with van der Waals surface area (Å²) in [6.45, 7) is 6.92. The minimum absolute atomic E-state index is 0.164. The molecule has 0 saturated carbocycles. The van der Waals surface area contributed by atoms with E-state index in [-0.39, 0.29) is 5.54 Å². The number of halogens is 1. The molecule has 0 aliphatic heterocycles. The number of hydrogen-bond acceptors (Lipinski definition) is 3. The number of nitrogens with zero attached hydrogens (tertiary/aromatic N) is 1. The van der Waals surface area contributed by atoms with E-state index in [4.69, 9.17) is 4.74 Å².